The Kier molecular flexibility index (Phi) is 19.4. The summed E-state index contributed by atoms with van der Waals surface area (Å²) >= 11 is 8.76. The molecule has 11 N–H and O–H groups in total. The van der Waals surface area contributed by atoms with Gasteiger partial charge in [-0.15, -0.1) is 0 Å². The van der Waals surface area contributed by atoms with Gasteiger partial charge in [0.05, 0.1) is 12.5 Å². The zero-order valence-corrected chi connectivity index (χ0v) is 33.5. The van der Waals surface area contributed by atoms with Crippen LogP contribution in [0.5, 0.6) is 5.75 Å². The Morgan fingerprint density at radius 1 is 0.786 bits per heavy atom. The number of amides is 7. The molecule has 312 valence electrons. The van der Waals surface area contributed by atoms with E-state index in [1.807, 2.05) is 0 Å². The Bertz CT molecular complexity index is 1560. The van der Waals surface area contributed by atoms with Crippen molar-refractivity contribution >= 4 is 72.6 Å². The first-order valence-electron chi connectivity index (χ1n) is 18.4. The number of carbonyl (C=O) groups is 8. The van der Waals surface area contributed by atoms with Crippen molar-refractivity contribution in [3.63, 3.8) is 0 Å². The third kappa shape index (κ3) is 15.9. The van der Waals surface area contributed by atoms with Crippen molar-refractivity contribution in [1.82, 2.24) is 31.9 Å². The van der Waals surface area contributed by atoms with Crippen LogP contribution in [0, 0.1) is 5.92 Å². The standard InChI is InChI=1S/C36H55N7O11S2/c1-4-19(2)29(42-33(52)23(14-21-8-10-22(45)11-9-21)39-27(47)16-36(56)12-6-5-7-13-36)34(53)43-30(20(3)44)35(54)40-24(15-26(37)46)32(51)41-25(18-55)31(50)38-17-28(48)49/h8-11,19-20,23-25,29-30,44-45,55-56H,4-7,12-18H2,1-3H3,(H2,37,46)(H,38,50)(H,39,47)(H,40,54)(H,41,51)(H,42,52)(H,43,53)(H,48,49)/t19-,20+,23-,24-,25-,29-,30-/m0/s1. The minimum absolute atomic E-state index is 0.00197. The van der Waals surface area contributed by atoms with Crippen LogP contribution < -0.4 is 37.6 Å². The SMILES string of the molecule is CC[C@H](C)[C@H](NC(=O)[C@H](Cc1ccc(O)cc1)NC(=O)CC1(S)CCCCC1)C(=O)N[C@H](C(=O)N[C@@H](CC(N)=O)C(=O)N[C@@H](CS)C(=O)NCC(=O)O)[C@@H](C)O. The number of carboxylic acid groups (broad SMARTS) is 1. The van der Waals surface area contributed by atoms with Gasteiger partial charge in [-0.3, -0.25) is 38.4 Å². The molecule has 56 heavy (non-hydrogen) atoms. The summed E-state index contributed by atoms with van der Waals surface area (Å²) in [5, 5.41) is 43.6. The average Bonchev–Trinajstić information content (AvgIpc) is 3.13. The Hall–Kier alpha value is -4.56. The van der Waals surface area contributed by atoms with Crippen LogP contribution in [0.4, 0.5) is 0 Å². The van der Waals surface area contributed by atoms with E-state index in [1.165, 1.54) is 19.1 Å². The Balaban J connectivity index is 2.28. The molecule has 0 radical (unpaired) electrons. The van der Waals surface area contributed by atoms with Crippen molar-refractivity contribution in [2.45, 2.75) is 120 Å². The number of carboxylic acids is 1. The smallest absolute Gasteiger partial charge is 0.322 e. The van der Waals surface area contributed by atoms with Crippen molar-refractivity contribution < 1.29 is 53.7 Å². The van der Waals surface area contributed by atoms with Gasteiger partial charge in [0, 0.05) is 23.3 Å². The van der Waals surface area contributed by atoms with Crippen molar-refractivity contribution in [3.05, 3.63) is 29.8 Å². The third-order valence-electron chi connectivity index (χ3n) is 9.43. The molecule has 18 nitrogen and oxygen atoms in total. The van der Waals surface area contributed by atoms with Gasteiger partial charge in [-0.25, -0.2) is 0 Å². The molecular weight excluding hydrogens is 771 g/mol. The van der Waals surface area contributed by atoms with Gasteiger partial charge in [-0.05, 0) is 43.4 Å². The molecule has 0 spiro atoms. The second kappa shape index (κ2) is 22.9. The number of thiol groups is 2. The number of hydrogen-bond acceptors (Lipinski definition) is 12. The highest BCUT2D eigenvalue weighted by Gasteiger charge is 2.37. The molecule has 2 rings (SSSR count). The van der Waals surface area contributed by atoms with Gasteiger partial charge in [-0.2, -0.15) is 25.3 Å². The van der Waals surface area contributed by atoms with E-state index in [0.29, 0.717) is 12.0 Å². The van der Waals surface area contributed by atoms with Gasteiger partial charge < -0.3 is 53.0 Å². The van der Waals surface area contributed by atoms with Gasteiger partial charge in [0.15, 0.2) is 0 Å². The van der Waals surface area contributed by atoms with Crippen LogP contribution in [0.15, 0.2) is 24.3 Å². The number of nitrogens with one attached hydrogen (secondary N) is 6. The van der Waals surface area contributed by atoms with Crippen molar-refractivity contribution in [2.24, 2.45) is 11.7 Å². The number of aliphatic hydroxyl groups is 1. The molecule has 0 heterocycles. The molecule has 0 aromatic heterocycles. The van der Waals surface area contributed by atoms with E-state index in [2.05, 4.69) is 44.5 Å². The zero-order chi connectivity index (χ0) is 42.2. The lowest BCUT2D eigenvalue weighted by Crippen LogP contribution is -2.62. The molecular formula is C36H55N7O11S2. The topological polar surface area (TPSA) is 295 Å². The predicted octanol–water partition coefficient (Wildman–Crippen LogP) is -1.19. The monoisotopic (exact) mass is 825 g/mol. The van der Waals surface area contributed by atoms with Crippen molar-refractivity contribution in [3.8, 4) is 5.75 Å². The van der Waals surface area contributed by atoms with E-state index in [9.17, 15) is 48.6 Å². The summed E-state index contributed by atoms with van der Waals surface area (Å²) in [7, 11) is 0. The third-order valence-corrected chi connectivity index (χ3v) is 10.4. The van der Waals surface area contributed by atoms with Gasteiger partial charge in [0.25, 0.3) is 0 Å². The van der Waals surface area contributed by atoms with E-state index < -0.39 is 107 Å². The Labute approximate surface area is 336 Å². The first-order valence-corrected chi connectivity index (χ1v) is 19.4. The molecule has 1 aliphatic rings. The minimum Gasteiger partial charge on any atom is -0.508 e. The zero-order valence-electron chi connectivity index (χ0n) is 31.7. The van der Waals surface area contributed by atoms with Crippen molar-refractivity contribution in [1.29, 1.82) is 0 Å². The summed E-state index contributed by atoms with van der Waals surface area (Å²) in [6, 6.07) is -1.22. The number of hydrogen-bond donors (Lipinski definition) is 12. The molecule has 7 amide bonds. The lowest BCUT2D eigenvalue weighted by Gasteiger charge is -2.33. The van der Waals surface area contributed by atoms with Crippen molar-refractivity contribution in [2.75, 3.05) is 12.3 Å². The van der Waals surface area contributed by atoms with Crippen LogP contribution in [0.1, 0.15) is 77.7 Å². The van der Waals surface area contributed by atoms with Crippen LogP contribution in [-0.2, 0) is 44.8 Å². The number of aliphatic hydroxyl groups excluding tert-OH is 1. The molecule has 7 atom stereocenters. The quantitative estimate of drug-likeness (QED) is 0.0618. The Morgan fingerprint density at radius 3 is 1.88 bits per heavy atom. The summed E-state index contributed by atoms with van der Waals surface area (Å²) < 4.78 is -0.528. The van der Waals surface area contributed by atoms with Gasteiger partial charge >= 0.3 is 5.97 Å². The van der Waals surface area contributed by atoms with Gasteiger partial charge in [-0.1, -0.05) is 51.7 Å². The molecule has 1 aliphatic carbocycles. The number of nitrogens with two attached hydrogens (primary N) is 1. The van der Waals surface area contributed by atoms with Crippen LogP contribution in [0.2, 0.25) is 0 Å². The van der Waals surface area contributed by atoms with E-state index >= 15 is 0 Å². The highest BCUT2D eigenvalue weighted by molar-refractivity contribution is 7.81. The molecule has 1 aromatic carbocycles. The molecule has 0 bridgehead atoms. The fourth-order valence-electron chi connectivity index (χ4n) is 6.04. The van der Waals surface area contributed by atoms with Crippen LogP contribution in [0.25, 0.3) is 0 Å². The Morgan fingerprint density at radius 2 is 1.34 bits per heavy atom. The second-order valence-corrected chi connectivity index (χ2v) is 15.5. The maximum Gasteiger partial charge on any atom is 0.322 e. The van der Waals surface area contributed by atoms with Crippen LogP contribution in [0.3, 0.4) is 0 Å². The van der Waals surface area contributed by atoms with E-state index in [-0.39, 0.29) is 24.3 Å². The van der Waals surface area contributed by atoms with Gasteiger partial charge in [0.1, 0.15) is 42.5 Å². The van der Waals surface area contributed by atoms with E-state index in [1.54, 1.807) is 26.0 Å². The summed E-state index contributed by atoms with van der Waals surface area (Å²) in [5.41, 5.74) is 5.90. The highest BCUT2D eigenvalue weighted by atomic mass is 32.1. The molecule has 20 heteroatoms. The lowest BCUT2D eigenvalue weighted by atomic mass is 9.85. The molecule has 1 fully saturated rings. The summed E-state index contributed by atoms with van der Waals surface area (Å²) in [4.78, 5) is 103. The number of benzene rings is 1. The summed E-state index contributed by atoms with van der Waals surface area (Å²) in [6.07, 6.45) is 2.48. The fraction of sp³-hybridized carbons (Fsp3) is 0.611. The van der Waals surface area contributed by atoms with E-state index in [0.717, 1.165) is 32.1 Å². The summed E-state index contributed by atoms with van der Waals surface area (Å²) in [6.45, 7) is 3.85. The highest BCUT2D eigenvalue weighted by Crippen LogP contribution is 2.36. The average molecular weight is 826 g/mol. The largest absolute Gasteiger partial charge is 0.508 e. The van der Waals surface area contributed by atoms with Gasteiger partial charge in [0.2, 0.25) is 41.4 Å². The number of phenolic OH excluding ortho intramolecular Hbond substituents is 1. The maximum atomic E-state index is 13.9. The maximum absolute atomic E-state index is 13.9. The van der Waals surface area contributed by atoms with Crippen LogP contribution in [-0.4, -0.2) is 116 Å². The number of aliphatic carboxylic acids is 1. The molecule has 1 saturated carbocycles. The second-order valence-electron chi connectivity index (χ2n) is 14.1. The molecule has 1 aromatic rings. The lowest BCUT2D eigenvalue weighted by molar-refractivity contribution is -0.139. The number of rotatable bonds is 22. The normalized spacial score (nSPS) is 17.2. The number of primary amides is 1. The minimum atomic E-state index is -1.73. The number of phenols is 1. The summed E-state index contributed by atoms with van der Waals surface area (Å²) in [5.74, 6) is -8.33. The fourth-order valence-corrected chi connectivity index (χ4v) is 6.75. The molecule has 0 saturated heterocycles. The predicted molar refractivity (Wildman–Crippen MR) is 210 cm³/mol. The number of carbonyl (C=O) groups excluding carboxylic acids is 7. The van der Waals surface area contributed by atoms with Crippen LogP contribution >= 0.6 is 25.3 Å². The molecule has 0 aliphatic heterocycles. The first kappa shape index (κ1) is 47.6. The number of aromatic hydroxyl groups is 1. The molecule has 0 unspecified atom stereocenters. The van der Waals surface area contributed by atoms with E-state index in [4.69, 9.17) is 23.5 Å². The first-order chi connectivity index (χ1) is 26.3.